The molecule has 4 heteroatoms. The summed E-state index contributed by atoms with van der Waals surface area (Å²) in [5, 5.41) is 8.85. The first-order valence-electron chi connectivity index (χ1n) is 6.77. The molecule has 0 aromatic heterocycles. The molecule has 0 fully saturated rings. The lowest BCUT2D eigenvalue weighted by Gasteiger charge is -2.33. The van der Waals surface area contributed by atoms with Crippen molar-refractivity contribution in [2.75, 3.05) is 11.9 Å². The summed E-state index contributed by atoms with van der Waals surface area (Å²) in [4.78, 5) is 2.00. The van der Waals surface area contributed by atoms with Crippen LogP contribution in [0.5, 0.6) is 0 Å². The van der Waals surface area contributed by atoms with Crippen molar-refractivity contribution < 1.29 is 4.39 Å². The zero-order valence-corrected chi connectivity index (χ0v) is 12.1. The number of benzene rings is 2. The Morgan fingerprint density at radius 3 is 2.38 bits per heavy atom. The molecule has 2 unspecified atom stereocenters. The minimum absolute atomic E-state index is 0.145. The van der Waals surface area contributed by atoms with Gasteiger partial charge in [-0.05, 0) is 48.9 Å². The number of nitriles is 1. The van der Waals surface area contributed by atoms with Gasteiger partial charge in [0.2, 0.25) is 0 Å². The molecule has 0 aliphatic rings. The molecular formula is C17H18FN3. The van der Waals surface area contributed by atoms with E-state index in [4.69, 9.17) is 11.0 Å². The predicted molar refractivity (Wildman–Crippen MR) is 82.4 cm³/mol. The normalized spacial score (nSPS) is 13.3. The average Bonchev–Trinajstić information content (AvgIpc) is 2.47. The lowest BCUT2D eigenvalue weighted by Crippen LogP contribution is -2.37. The summed E-state index contributed by atoms with van der Waals surface area (Å²) in [6.07, 6.45) is 0. The smallest absolute Gasteiger partial charge is 0.123 e. The maximum absolute atomic E-state index is 13.5. The third kappa shape index (κ3) is 3.39. The van der Waals surface area contributed by atoms with Crippen LogP contribution in [0.2, 0.25) is 0 Å². The largest absolute Gasteiger partial charge is 0.366 e. The second kappa shape index (κ2) is 6.38. The number of anilines is 1. The van der Waals surface area contributed by atoms with Crippen LogP contribution in [-0.4, -0.2) is 13.1 Å². The van der Waals surface area contributed by atoms with Crippen LogP contribution in [0, 0.1) is 17.1 Å². The quantitative estimate of drug-likeness (QED) is 0.937. The molecule has 0 bridgehead atoms. The fourth-order valence-electron chi connectivity index (χ4n) is 2.50. The van der Waals surface area contributed by atoms with E-state index in [1.54, 1.807) is 18.2 Å². The van der Waals surface area contributed by atoms with E-state index in [1.165, 1.54) is 12.1 Å². The molecule has 0 saturated heterocycles. The van der Waals surface area contributed by atoms with E-state index in [9.17, 15) is 4.39 Å². The van der Waals surface area contributed by atoms with Crippen LogP contribution >= 0.6 is 0 Å². The zero-order chi connectivity index (χ0) is 15.4. The molecule has 0 heterocycles. The Bertz CT molecular complexity index is 644. The van der Waals surface area contributed by atoms with E-state index in [0.717, 1.165) is 11.3 Å². The summed E-state index contributed by atoms with van der Waals surface area (Å²) in [5.41, 5.74) is 8.46. The standard InChI is InChI=1S/C17H18FN3/c1-12(20)17(14-4-3-5-15(18)10-14)21(2)16-8-6-13(11-19)7-9-16/h3-10,12,17H,20H2,1-2H3. The molecule has 0 saturated carbocycles. The maximum atomic E-state index is 13.5. The second-order valence-corrected chi connectivity index (χ2v) is 5.13. The number of nitrogens with two attached hydrogens (primary N) is 1. The molecule has 2 rings (SSSR count). The Kier molecular flexibility index (Phi) is 4.56. The monoisotopic (exact) mass is 283 g/mol. The summed E-state index contributed by atoms with van der Waals surface area (Å²) < 4.78 is 13.5. The fraction of sp³-hybridized carbons (Fsp3) is 0.235. The Balaban J connectivity index is 2.35. The summed E-state index contributed by atoms with van der Waals surface area (Å²) in [5.74, 6) is -0.272. The van der Waals surface area contributed by atoms with Crippen LogP contribution in [-0.2, 0) is 0 Å². The van der Waals surface area contributed by atoms with Gasteiger partial charge in [-0.25, -0.2) is 4.39 Å². The first-order chi connectivity index (χ1) is 10.0. The molecule has 3 nitrogen and oxygen atoms in total. The van der Waals surface area contributed by atoms with Crippen molar-refractivity contribution in [1.82, 2.24) is 0 Å². The molecule has 21 heavy (non-hydrogen) atoms. The molecule has 0 aliphatic heterocycles. The van der Waals surface area contributed by atoms with Gasteiger partial charge < -0.3 is 10.6 Å². The minimum Gasteiger partial charge on any atom is -0.366 e. The Labute approximate surface area is 124 Å². The highest BCUT2D eigenvalue weighted by molar-refractivity contribution is 5.51. The molecule has 0 spiro atoms. The summed E-state index contributed by atoms with van der Waals surface area (Å²) in [7, 11) is 1.92. The van der Waals surface area contributed by atoms with E-state index in [1.807, 2.05) is 37.1 Å². The van der Waals surface area contributed by atoms with Crippen LogP contribution < -0.4 is 10.6 Å². The summed E-state index contributed by atoms with van der Waals surface area (Å²) in [6.45, 7) is 1.90. The molecule has 0 aliphatic carbocycles. The predicted octanol–water partition coefficient (Wildman–Crippen LogP) is 3.22. The molecule has 0 amide bonds. The molecule has 108 valence electrons. The van der Waals surface area contributed by atoms with Crippen molar-refractivity contribution in [3.8, 4) is 6.07 Å². The van der Waals surface area contributed by atoms with Crippen molar-refractivity contribution in [3.05, 3.63) is 65.5 Å². The summed E-state index contributed by atoms with van der Waals surface area (Å²) in [6, 6.07) is 15.5. The topological polar surface area (TPSA) is 53.0 Å². The Morgan fingerprint density at radius 1 is 1.19 bits per heavy atom. The van der Waals surface area contributed by atoms with Crippen LogP contribution in [0.1, 0.15) is 24.1 Å². The minimum atomic E-state index is -0.272. The number of rotatable bonds is 4. The second-order valence-electron chi connectivity index (χ2n) is 5.13. The van der Waals surface area contributed by atoms with Crippen molar-refractivity contribution in [3.63, 3.8) is 0 Å². The third-order valence-electron chi connectivity index (χ3n) is 3.51. The fourth-order valence-corrected chi connectivity index (χ4v) is 2.50. The van der Waals surface area contributed by atoms with Gasteiger partial charge in [0, 0.05) is 18.8 Å². The van der Waals surface area contributed by atoms with Crippen LogP contribution in [0.4, 0.5) is 10.1 Å². The first kappa shape index (κ1) is 15.0. The zero-order valence-electron chi connectivity index (χ0n) is 12.1. The van der Waals surface area contributed by atoms with Gasteiger partial charge in [0.25, 0.3) is 0 Å². The van der Waals surface area contributed by atoms with E-state index >= 15 is 0 Å². The van der Waals surface area contributed by atoms with E-state index in [2.05, 4.69) is 6.07 Å². The Hall–Kier alpha value is -2.38. The molecule has 2 aromatic rings. The van der Waals surface area contributed by atoms with Crippen molar-refractivity contribution in [2.24, 2.45) is 5.73 Å². The maximum Gasteiger partial charge on any atom is 0.123 e. The number of hydrogen-bond acceptors (Lipinski definition) is 3. The SMILES string of the molecule is CC(N)C(c1cccc(F)c1)N(C)c1ccc(C#N)cc1. The van der Waals surface area contributed by atoms with Gasteiger partial charge in [-0.3, -0.25) is 0 Å². The van der Waals surface area contributed by atoms with Gasteiger partial charge in [0.1, 0.15) is 5.82 Å². The van der Waals surface area contributed by atoms with E-state index in [-0.39, 0.29) is 17.9 Å². The van der Waals surface area contributed by atoms with Crippen molar-refractivity contribution in [1.29, 1.82) is 5.26 Å². The lowest BCUT2D eigenvalue weighted by molar-refractivity contribution is 0.551. The number of halogens is 1. The average molecular weight is 283 g/mol. The van der Waals surface area contributed by atoms with Gasteiger partial charge in [-0.15, -0.1) is 0 Å². The van der Waals surface area contributed by atoms with Crippen molar-refractivity contribution >= 4 is 5.69 Å². The van der Waals surface area contributed by atoms with Crippen LogP contribution in [0.3, 0.4) is 0 Å². The highest BCUT2D eigenvalue weighted by atomic mass is 19.1. The highest BCUT2D eigenvalue weighted by Gasteiger charge is 2.22. The van der Waals surface area contributed by atoms with Gasteiger partial charge in [0.15, 0.2) is 0 Å². The summed E-state index contributed by atoms with van der Waals surface area (Å²) >= 11 is 0. The van der Waals surface area contributed by atoms with E-state index < -0.39 is 0 Å². The van der Waals surface area contributed by atoms with Crippen LogP contribution in [0.25, 0.3) is 0 Å². The van der Waals surface area contributed by atoms with E-state index in [0.29, 0.717) is 5.56 Å². The molecule has 2 N–H and O–H groups in total. The van der Waals surface area contributed by atoms with Crippen molar-refractivity contribution in [2.45, 2.75) is 19.0 Å². The third-order valence-corrected chi connectivity index (χ3v) is 3.51. The Morgan fingerprint density at radius 2 is 1.86 bits per heavy atom. The lowest BCUT2D eigenvalue weighted by atomic mass is 9.98. The van der Waals surface area contributed by atoms with Crippen LogP contribution in [0.15, 0.2) is 48.5 Å². The van der Waals surface area contributed by atoms with Gasteiger partial charge in [-0.2, -0.15) is 5.26 Å². The van der Waals surface area contributed by atoms with Gasteiger partial charge in [0.05, 0.1) is 17.7 Å². The number of hydrogen-bond donors (Lipinski definition) is 1. The number of nitrogens with zero attached hydrogens (tertiary/aromatic N) is 2. The molecule has 2 atom stereocenters. The molecular weight excluding hydrogens is 265 g/mol. The number of likely N-dealkylation sites (N-methyl/N-ethyl adjacent to an activating group) is 1. The molecule has 2 aromatic carbocycles. The molecule has 0 radical (unpaired) electrons. The van der Waals surface area contributed by atoms with Gasteiger partial charge >= 0.3 is 0 Å². The highest BCUT2D eigenvalue weighted by Crippen LogP contribution is 2.28. The first-order valence-corrected chi connectivity index (χ1v) is 6.77. The van der Waals surface area contributed by atoms with Gasteiger partial charge in [-0.1, -0.05) is 12.1 Å².